The predicted molar refractivity (Wildman–Crippen MR) is 64.8 cm³/mol. The highest BCUT2D eigenvalue weighted by atomic mass is 35.5. The summed E-state index contributed by atoms with van der Waals surface area (Å²) in [5, 5.41) is 0. The number of rotatable bonds is 4. The van der Waals surface area contributed by atoms with Crippen LogP contribution in [-0.2, 0) is 19.1 Å². The second-order valence-electron chi connectivity index (χ2n) is 3.47. The van der Waals surface area contributed by atoms with E-state index in [1.54, 1.807) is 6.92 Å². The molecular formula is C11H18ClNO4. The van der Waals surface area contributed by atoms with Crippen molar-refractivity contribution >= 4 is 24.2 Å². The van der Waals surface area contributed by atoms with E-state index >= 15 is 0 Å². The van der Waals surface area contributed by atoms with Gasteiger partial charge in [0.25, 0.3) is 0 Å². The molecule has 0 fully saturated rings. The van der Waals surface area contributed by atoms with E-state index in [1.807, 2.05) is 18.7 Å². The van der Waals surface area contributed by atoms with E-state index in [0.717, 1.165) is 0 Å². The van der Waals surface area contributed by atoms with Gasteiger partial charge in [0, 0.05) is 13.1 Å². The van der Waals surface area contributed by atoms with Crippen LogP contribution in [0.1, 0.15) is 20.8 Å². The molecule has 98 valence electrons. The first-order valence-corrected chi connectivity index (χ1v) is 5.35. The molecule has 0 aromatic carbocycles. The molecule has 1 heterocycles. The van der Waals surface area contributed by atoms with Crippen molar-refractivity contribution in [3.63, 3.8) is 0 Å². The number of nitrogens with zero attached hydrogens (tertiary/aromatic N) is 1. The van der Waals surface area contributed by atoms with Crippen molar-refractivity contribution in [3.05, 3.63) is 11.5 Å². The lowest BCUT2D eigenvalue weighted by atomic mass is 10.1. The number of carbonyl (C=O) groups is 2. The van der Waals surface area contributed by atoms with Gasteiger partial charge >= 0.3 is 5.97 Å². The van der Waals surface area contributed by atoms with Crippen LogP contribution < -0.4 is 0 Å². The molecule has 0 saturated heterocycles. The molecule has 1 aliphatic rings. The highest BCUT2D eigenvalue weighted by Gasteiger charge is 2.39. The highest BCUT2D eigenvalue weighted by molar-refractivity contribution is 6.20. The normalized spacial score (nSPS) is 18.6. The first-order chi connectivity index (χ1) is 7.56. The maximum absolute atomic E-state index is 11.7. The van der Waals surface area contributed by atoms with Crippen LogP contribution in [0.4, 0.5) is 0 Å². The molecule has 17 heavy (non-hydrogen) atoms. The molecular weight excluding hydrogens is 246 g/mol. The topological polar surface area (TPSA) is 55.8 Å². The van der Waals surface area contributed by atoms with Gasteiger partial charge in [0.1, 0.15) is 0 Å². The van der Waals surface area contributed by atoms with Crippen molar-refractivity contribution in [2.45, 2.75) is 26.9 Å². The Labute approximate surface area is 107 Å². The highest BCUT2D eigenvalue weighted by Crippen LogP contribution is 2.25. The predicted octanol–water partition coefficient (Wildman–Crippen LogP) is 1.12. The Morgan fingerprint density at radius 2 is 1.94 bits per heavy atom. The summed E-state index contributed by atoms with van der Waals surface area (Å²) in [5.74, 6) is -0.598. The average molecular weight is 264 g/mol. The van der Waals surface area contributed by atoms with E-state index < -0.39 is 12.1 Å². The van der Waals surface area contributed by atoms with Crippen LogP contribution in [0, 0.1) is 0 Å². The largest absolute Gasteiger partial charge is 0.467 e. The molecule has 0 aromatic heterocycles. The molecule has 0 saturated carbocycles. The molecule has 0 spiro atoms. The third kappa shape index (κ3) is 2.91. The fourth-order valence-corrected chi connectivity index (χ4v) is 1.62. The van der Waals surface area contributed by atoms with Gasteiger partial charge in [0.15, 0.2) is 11.7 Å². The Kier molecular flexibility index (Phi) is 6.02. The van der Waals surface area contributed by atoms with Crippen molar-refractivity contribution in [2.24, 2.45) is 0 Å². The number of methoxy groups -OCH3 is 1. The molecule has 0 amide bonds. The van der Waals surface area contributed by atoms with Crippen molar-refractivity contribution in [2.75, 3.05) is 20.2 Å². The van der Waals surface area contributed by atoms with Crippen LogP contribution in [-0.4, -0.2) is 43.0 Å². The van der Waals surface area contributed by atoms with Gasteiger partial charge in [0.05, 0.1) is 7.11 Å². The Morgan fingerprint density at radius 3 is 2.35 bits per heavy atom. The Bertz CT molecular complexity index is 336. The summed E-state index contributed by atoms with van der Waals surface area (Å²) >= 11 is 0. The fraction of sp³-hybridized carbons (Fsp3) is 0.636. The summed E-state index contributed by atoms with van der Waals surface area (Å²) in [6.45, 7) is 6.84. The monoisotopic (exact) mass is 263 g/mol. The fourth-order valence-electron chi connectivity index (χ4n) is 1.62. The van der Waals surface area contributed by atoms with Crippen LogP contribution >= 0.6 is 12.4 Å². The van der Waals surface area contributed by atoms with Crippen LogP contribution in [0.15, 0.2) is 11.5 Å². The van der Waals surface area contributed by atoms with Crippen LogP contribution in [0.2, 0.25) is 0 Å². The van der Waals surface area contributed by atoms with Crippen molar-refractivity contribution < 1.29 is 19.1 Å². The molecule has 5 nitrogen and oxygen atoms in total. The number of ketones is 1. The van der Waals surface area contributed by atoms with Gasteiger partial charge in [0.2, 0.25) is 11.7 Å². The van der Waals surface area contributed by atoms with Crippen LogP contribution in [0.3, 0.4) is 0 Å². The minimum absolute atomic E-state index is 0. The molecule has 1 aliphatic heterocycles. The van der Waals surface area contributed by atoms with Gasteiger partial charge in [-0.2, -0.15) is 0 Å². The van der Waals surface area contributed by atoms with E-state index in [-0.39, 0.29) is 23.8 Å². The third-order valence-corrected chi connectivity index (χ3v) is 2.56. The number of hydrogen-bond donors (Lipinski definition) is 0. The Morgan fingerprint density at radius 1 is 1.41 bits per heavy atom. The molecule has 0 bridgehead atoms. The standard InChI is InChI=1S/C11H17NO4.ClH/c1-5-12(6-2)10-8(11(14)15-4)9(13)7(3)16-10;/h7H,5-6H2,1-4H3;1H. The molecule has 0 aromatic rings. The number of carbonyl (C=O) groups excluding carboxylic acids is 2. The molecule has 0 N–H and O–H groups in total. The summed E-state index contributed by atoms with van der Waals surface area (Å²) in [6, 6.07) is 0. The van der Waals surface area contributed by atoms with E-state index in [2.05, 4.69) is 4.74 Å². The van der Waals surface area contributed by atoms with E-state index in [0.29, 0.717) is 19.0 Å². The zero-order valence-electron chi connectivity index (χ0n) is 10.5. The van der Waals surface area contributed by atoms with Gasteiger partial charge in [-0.05, 0) is 20.8 Å². The molecule has 1 atom stereocenters. The minimum atomic E-state index is -0.628. The number of esters is 1. The van der Waals surface area contributed by atoms with Gasteiger partial charge in [-0.25, -0.2) is 4.79 Å². The molecule has 0 aliphatic carbocycles. The van der Waals surface area contributed by atoms with Crippen LogP contribution in [0.5, 0.6) is 0 Å². The Hall–Kier alpha value is -1.23. The van der Waals surface area contributed by atoms with Gasteiger partial charge in [-0.3, -0.25) is 4.79 Å². The molecule has 0 radical (unpaired) electrons. The average Bonchev–Trinajstić information content (AvgIpc) is 2.57. The van der Waals surface area contributed by atoms with Gasteiger partial charge in [-0.15, -0.1) is 12.4 Å². The summed E-state index contributed by atoms with van der Waals surface area (Å²) in [5.41, 5.74) is 0.0266. The SMILES string of the molecule is CCN(CC)C1=C(C(=O)OC)C(=O)C(C)O1.Cl. The number of hydrogen-bond acceptors (Lipinski definition) is 5. The first-order valence-electron chi connectivity index (χ1n) is 5.35. The smallest absolute Gasteiger partial charge is 0.347 e. The summed E-state index contributed by atoms with van der Waals surface area (Å²) in [4.78, 5) is 25.1. The molecule has 1 rings (SSSR count). The van der Waals surface area contributed by atoms with Gasteiger partial charge in [-0.1, -0.05) is 0 Å². The van der Waals surface area contributed by atoms with Crippen LogP contribution in [0.25, 0.3) is 0 Å². The van der Waals surface area contributed by atoms with E-state index in [4.69, 9.17) is 4.74 Å². The van der Waals surface area contributed by atoms with E-state index in [1.165, 1.54) is 7.11 Å². The zero-order valence-corrected chi connectivity index (χ0v) is 11.3. The molecule has 6 heteroatoms. The maximum atomic E-state index is 11.7. The van der Waals surface area contributed by atoms with Crippen molar-refractivity contribution in [3.8, 4) is 0 Å². The van der Waals surface area contributed by atoms with E-state index in [9.17, 15) is 9.59 Å². The zero-order chi connectivity index (χ0) is 12.3. The second kappa shape index (κ2) is 6.49. The van der Waals surface area contributed by atoms with Crippen molar-refractivity contribution in [1.29, 1.82) is 0 Å². The Balaban J connectivity index is 0.00000256. The lowest BCUT2D eigenvalue weighted by molar-refractivity contribution is -0.137. The summed E-state index contributed by atoms with van der Waals surface area (Å²) in [7, 11) is 1.26. The van der Waals surface area contributed by atoms with Gasteiger partial charge < -0.3 is 14.4 Å². The number of halogens is 1. The first kappa shape index (κ1) is 15.8. The van der Waals surface area contributed by atoms with Crippen molar-refractivity contribution in [1.82, 2.24) is 4.90 Å². The lowest BCUT2D eigenvalue weighted by Gasteiger charge is -2.22. The maximum Gasteiger partial charge on any atom is 0.347 e. The summed E-state index contributed by atoms with van der Waals surface area (Å²) in [6.07, 6.45) is -0.607. The number of Topliss-reactive ketones (excluding diaryl/α,β-unsaturated/α-hetero) is 1. The minimum Gasteiger partial charge on any atom is -0.467 e. The lowest BCUT2D eigenvalue weighted by Crippen LogP contribution is -2.25. The third-order valence-electron chi connectivity index (χ3n) is 2.56. The number of ether oxygens (including phenoxy) is 2. The molecule has 1 unspecified atom stereocenters. The second-order valence-corrected chi connectivity index (χ2v) is 3.47. The quantitative estimate of drug-likeness (QED) is 0.562. The summed E-state index contributed by atoms with van der Waals surface area (Å²) < 4.78 is 10.0.